The summed E-state index contributed by atoms with van der Waals surface area (Å²) in [4.78, 5) is 4.24. The number of pyridine rings is 1. The first kappa shape index (κ1) is 12.2. The van der Waals surface area contributed by atoms with E-state index in [-0.39, 0.29) is 0 Å². The minimum absolute atomic E-state index is 0.772. The normalized spacial score (nSPS) is 24.5. The van der Waals surface area contributed by atoms with Crippen LogP contribution >= 0.6 is 0 Å². The number of anilines is 2. The molecule has 0 aliphatic heterocycles. The fraction of sp³-hybridized carbons (Fsp3) is 0.643. The highest BCUT2D eigenvalue weighted by molar-refractivity contribution is 5.48. The van der Waals surface area contributed by atoms with Gasteiger partial charge in [0.15, 0.2) is 0 Å². The molecule has 2 rings (SSSR count). The molecule has 1 saturated carbocycles. The van der Waals surface area contributed by atoms with Crippen LogP contribution in [0.15, 0.2) is 18.3 Å². The van der Waals surface area contributed by atoms with E-state index in [9.17, 15) is 0 Å². The Kier molecular flexibility index (Phi) is 4.24. The van der Waals surface area contributed by atoms with Crippen molar-refractivity contribution in [2.24, 2.45) is 11.8 Å². The molecule has 0 bridgehead atoms. The van der Waals surface area contributed by atoms with Crippen LogP contribution in [0.5, 0.6) is 0 Å². The van der Waals surface area contributed by atoms with Crippen molar-refractivity contribution in [3.8, 4) is 0 Å². The van der Waals surface area contributed by atoms with Gasteiger partial charge in [0.2, 0.25) is 0 Å². The minimum Gasteiger partial charge on any atom is -0.399 e. The van der Waals surface area contributed by atoms with Crippen LogP contribution in [0.1, 0.15) is 39.0 Å². The van der Waals surface area contributed by atoms with Gasteiger partial charge in [0.25, 0.3) is 0 Å². The molecule has 1 aromatic heterocycles. The lowest BCUT2D eigenvalue weighted by atomic mass is 9.81. The summed E-state index contributed by atoms with van der Waals surface area (Å²) in [6.07, 6.45) is 8.60. The standard InChI is InChI=1S/C14H23N3/c1-11-2-4-12(5-3-11)6-8-16-14-10-13(15)7-9-17-14/h7,9-12H,2-6,8H2,1H3,(H3,15,16,17). The molecule has 1 aliphatic carbocycles. The van der Waals surface area contributed by atoms with Gasteiger partial charge in [-0.2, -0.15) is 0 Å². The number of nitrogens with one attached hydrogen (secondary N) is 1. The van der Waals surface area contributed by atoms with Crippen LogP contribution in [-0.4, -0.2) is 11.5 Å². The van der Waals surface area contributed by atoms with Gasteiger partial charge in [-0.25, -0.2) is 4.98 Å². The number of nitrogens with two attached hydrogens (primary N) is 1. The van der Waals surface area contributed by atoms with E-state index in [0.717, 1.165) is 29.9 Å². The topological polar surface area (TPSA) is 50.9 Å². The molecule has 1 aromatic rings. The van der Waals surface area contributed by atoms with Crippen molar-refractivity contribution >= 4 is 11.5 Å². The molecule has 0 aromatic carbocycles. The summed E-state index contributed by atoms with van der Waals surface area (Å²) >= 11 is 0. The Labute approximate surface area is 104 Å². The molecule has 0 amide bonds. The lowest BCUT2D eigenvalue weighted by Gasteiger charge is -2.26. The highest BCUT2D eigenvalue weighted by Gasteiger charge is 2.17. The number of aromatic nitrogens is 1. The Morgan fingerprint density at radius 3 is 2.82 bits per heavy atom. The van der Waals surface area contributed by atoms with Crippen molar-refractivity contribution in [2.45, 2.75) is 39.0 Å². The summed E-state index contributed by atoms with van der Waals surface area (Å²) in [5.41, 5.74) is 6.48. The molecule has 3 N–H and O–H groups in total. The molecule has 1 heterocycles. The zero-order valence-corrected chi connectivity index (χ0v) is 10.7. The number of nitrogen functional groups attached to an aromatic ring is 1. The monoisotopic (exact) mass is 233 g/mol. The van der Waals surface area contributed by atoms with Gasteiger partial charge in [0, 0.05) is 24.5 Å². The Morgan fingerprint density at radius 1 is 1.35 bits per heavy atom. The minimum atomic E-state index is 0.772. The van der Waals surface area contributed by atoms with Crippen molar-refractivity contribution in [3.05, 3.63) is 18.3 Å². The second-order valence-electron chi connectivity index (χ2n) is 5.32. The maximum atomic E-state index is 5.71. The van der Waals surface area contributed by atoms with E-state index in [1.165, 1.54) is 32.1 Å². The maximum absolute atomic E-state index is 5.71. The van der Waals surface area contributed by atoms with Crippen molar-refractivity contribution in [1.29, 1.82) is 0 Å². The molecule has 3 nitrogen and oxygen atoms in total. The molecule has 0 radical (unpaired) electrons. The van der Waals surface area contributed by atoms with Crippen LogP contribution in [0.4, 0.5) is 11.5 Å². The third kappa shape index (κ3) is 3.91. The van der Waals surface area contributed by atoms with Crippen molar-refractivity contribution in [1.82, 2.24) is 4.98 Å². The van der Waals surface area contributed by atoms with E-state index in [1.54, 1.807) is 6.20 Å². The summed E-state index contributed by atoms with van der Waals surface area (Å²) in [5.74, 6) is 2.74. The van der Waals surface area contributed by atoms with Gasteiger partial charge in [0.1, 0.15) is 5.82 Å². The summed E-state index contributed by atoms with van der Waals surface area (Å²) in [5, 5.41) is 3.35. The first-order valence-corrected chi connectivity index (χ1v) is 6.69. The van der Waals surface area contributed by atoms with E-state index >= 15 is 0 Å². The van der Waals surface area contributed by atoms with Crippen LogP contribution in [-0.2, 0) is 0 Å². The van der Waals surface area contributed by atoms with Crippen LogP contribution in [0.2, 0.25) is 0 Å². The zero-order valence-electron chi connectivity index (χ0n) is 10.7. The Hall–Kier alpha value is -1.25. The quantitative estimate of drug-likeness (QED) is 0.839. The highest BCUT2D eigenvalue weighted by Crippen LogP contribution is 2.30. The molecule has 94 valence electrons. The van der Waals surface area contributed by atoms with Gasteiger partial charge < -0.3 is 11.1 Å². The maximum Gasteiger partial charge on any atom is 0.127 e. The largest absolute Gasteiger partial charge is 0.399 e. The van der Waals surface area contributed by atoms with Crippen LogP contribution in [0.3, 0.4) is 0 Å². The van der Waals surface area contributed by atoms with Gasteiger partial charge in [-0.1, -0.05) is 32.6 Å². The van der Waals surface area contributed by atoms with Crippen molar-refractivity contribution < 1.29 is 0 Å². The summed E-state index contributed by atoms with van der Waals surface area (Å²) in [7, 11) is 0. The number of hydrogen-bond acceptors (Lipinski definition) is 3. The van der Waals surface area contributed by atoms with Crippen LogP contribution < -0.4 is 11.1 Å². The molecule has 0 spiro atoms. The Bertz CT molecular complexity index is 343. The van der Waals surface area contributed by atoms with Gasteiger partial charge in [0.05, 0.1) is 0 Å². The first-order chi connectivity index (χ1) is 8.24. The van der Waals surface area contributed by atoms with E-state index in [4.69, 9.17) is 5.73 Å². The van der Waals surface area contributed by atoms with Gasteiger partial charge in [-0.3, -0.25) is 0 Å². The Balaban J connectivity index is 1.69. The summed E-state index contributed by atoms with van der Waals surface area (Å²) < 4.78 is 0. The second-order valence-corrected chi connectivity index (χ2v) is 5.32. The van der Waals surface area contributed by atoms with E-state index in [0.29, 0.717) is 0 Å². The molecule has 0 saturated heterocycles. The highest BCUT2D eigenvalue weighted by atomic mass is 15.0. The Morgan fingerprint density at radius 2 is 2.12 bits per heavy atom. The van der Waals surface area contributed by atoms with E-state index in [2.05, 4.69) is 17.2 Å². The molecular formula is C14H23N3. The molecule has 0 atom stereocenters. The van der Waals surface area contributed by atoms with Crippen molar-refractivity contribution in [3.63, 3.8) is 0 Å². The molecule has 1 fully saturated rings. The average Bonchev–Trinajstić information content (AvgIpc) is 2.32. The van der Waals surface area contributed by atoms with Gasteiger partial charge in [-0.05, 0) is 24.3 Å². The number of hydrogen-bond donors (Lipinski definition) is 2. The van der Waals surface area contributed by atoms with Gasteiger partial charge >= 0.3 is 0 Å². The third-order valence-corrected chi connectivity index (χ3v) is 3.78. The van der Waals surface area contributed by atoms with Crippen LogP contribution in [0, 0.1) is 11.8 Å². The lowest BCUT2D eigenvalue weighted by Crippen LogP contribution is -2.16. The second kappa shape index (κ2) is 5.89. The fourth-order valence-corrected chi connectivity index (χ4v) is 2.57. The fourth-order valence-electron chi connectivity index (χ4n) is 2.57. The molecule has 0 unspecified atom stereocenters. The van der Waals surface area contributed by atoms with Gasteiger partial charge in [-0.15, -0.1) is 0 Å². The molecule has 17 heavy (non-hydrogen) atoms. The molecule has 3 heteroatoms. The predicted octanol–water partition coefficient (Wildman–Crippen LogP) is 3.29. The third-order valence-electron chi connectivity index (χ3n) is 3.78. The zero-order chi connectivity index (χ0) is 12.1. The average molecular weight is 233 g/mol. The number of rotatable bonds is 4. The lowest BCUT2D eigenvalue weighted by molar-refractivity contribution is 0.282. The first-order valence-electron chi connectivity index (χ1n) is 6.69. The smallest absolute Gasteiger partial charge is 0.127 e. The van der Waals surface area contributed by atoms with E-state index in [1.807, 2.05) is 12.1 Å². The van der Waals surface area contributed by atoms with E-state index < -0.39 is 0 Å². The van der Waals surface area contributed by atoms with Crippen LogP contribution in [0.25, 0.3) is 0 Å². The molecule has 1 aliphatic rings. The van der Waals surface area contributed by atoms with Crippen molar-refractivity contribution in [2.75, 3.05) is 17.6 Å². The summed E-state index contributed by atoms with van der Waals surface area (Å²) in [6.45, 7) is 3.38. The SMILES string of the molecule is CC1CCC(CCNc2cc(N)ccn2)CC1. The summed E-state index contributed by atoms with van der Waals surface area (Å²) in [6, 6.07) is 3.71. The molecular weight excluding hydrogens is 210 g/mol. The predicted molar refractivity (Wildman–Crippen MR) is 72.9 cm³/mol. The number of nitrogens with zero attached hydrogens (tertiary/aromatic N) is 1.